The first kappa shape index (κ1) is 17.0. The number of aromatic nitrogens is 3. The van der Waals surface area contributed by atoms with Crippen LogP contribution in [0.3, 0.4) is 0 Å². The maximum absolute atomic E-state index is 12.7. The number of nitrogens with one attached hydrogen (secondary N) is 1. The first-order valence-electron chi connectivity index (χ1n) is 8.87. The van der Waals surface area contributed by atoms with Gasteiger partial charge in [0.25, 0.3) is 0 Å². The van der Waals surface area contributed by atoms with Crippen LogP contribution < -0.4 is 5.32 Å². The third kappa shape index (κ3) is 3.31. The van der Waals surface area contributed by atoms with E-state index in [1.54, 1.807) is 6.20 Å². The highest BCUT2D eigenvalue weighted by molar-refractivity contribution is 6.00. The minimum Gasteiger partial charge on any atom is -0.324 e. The highest BCUT2D eigenvalue weighted by Gasteiger charge is 2.16. The zero-order valence-electron chi connectivity index (χ0n) is 15.3. The molecule has 2 heterocycles. The number of hydrogen-bond donors (Lipinski definition) is 1. The van der Waals surface area contributed by atoms with E-state index in [0.717, 1.165) is 39.2 Å². The number of para-hydroxylation sites is 2. The summed E-state index contributed by atoms with van der Waals surface area (Å²) in [4.78, 5) is 17.1. The molecule has 0 bridgehead atoms. The number of carbonyl (C=O) groups is 1. The lowest BCUT2D eigenvalue weighted by atomic mass is 10.1. The van der Waals surface area contributed by atoms with Gasteiger partial charge in [0.15, 0.2) is 0 Å². The molecule has 0 aliphatic heterocycles. The summed E-state index contributed by atoms with van der Waals surface area (Å²) in [5, 5.41) is 8.61. The van der Waals surface area contributed by atoms with E-state index in [9.17, 15) is 4.79 Å². The fraction of sp³-hybridized carbons (Fsp3) is 0.136. The van der Waals surface area contributed by atoms with E-state index in [0.29, 0.717) is 0 Å². The molecule has 2 aromatic carbocycles. The van der Waals surface area contributed by atoms with Crippen LogP contribution in [-0.2, 0) is 11.2 Å². The minimum absolute atomic E-state index is 0.0769. The summed E-state index contributed by atoms with van der Waals surface area (Å²) in [7, 11) is 0. The van der Waals surface area contributed by atoms with Crippen molar-refractivity contribution in [3.63, 3.8) is 0 Å². The second-order valence-electron chi connectivity index (χ2n) is 6.50. The Labute approximate surface area is 157 Å². The van der Waals surface area contributed by atoms with Gasteiger partial charge in [-0.1, -0.05) is 36.4 Å². The van der Waals surface area contributed by atoms with Crippen molar-refractivity contribution in [2.75, 3.05) is 5.32 Å². The van der Waals surface area contributed by atoms with Gasteiger partial charge < -0.3 is 5.32 Å². The molecule has 27 heavy (non-hydrogen) atoms. The maximum atomic E-state index is 12.7. The normalized spacial score (nSPS) is 10.9. The third-order valence-electron chi connectivity index (χ3n) is 4.69. The molecule has 0 aliphatic carbocycles. The molecule has 5 heteroatoms. The number of fused-ring (bicyclic) bond motifs is 1. The van der Waals surface area contributed by atoms with Crippen LogP contribution in [0.5, 0.6) is 0 Å². The number of rotatable bonds is 4. The molecule has 4 aromatic rings. The summed E-state index contributed by atoms with van der Waals surface area (Å²) >= 11 is 0. The van der Waals surface area contributed by atoms with Gasteiger partial charge in [-0.05, 0) is 38.1 Å². The molecule has 0 fully saturated rings. The third-order valence-corrected chi connectivity index (χ3v) is 4.69. The molecular weight excluding hydrogens is 336 g/mol. The van der Waals surface area contributed by atoms with E-state index < -0.39 is 0 Å². The lowest BCUT2D eigenvalue weighted by molar-refractivity contribution is -0.115. The van der Waals surface area contributed by atoms with Crippen LogP contribution >= 0.6 is 0 Å². The smallest absolute Gasteiger partial charge is 0.228 e. The van der Waals surface area contributed by atoms with Crippen molar-refractivity contribution in [2.24, 2.45) is 0 Å². The fourth-order valence-corrected chi connectivity index (χ4v) is 3.31. The maximum Gasteiger partial charge on any atom is 0.228 e. The van der Waals surface area contributed by atoms with Crippen molar-refractivity contribution < 1.29 is 4.79 Å². The SMILES string of the molecule is Cc1nn(-c2ccccc2)c(C)c1CC(=O)Nc1cccc2cccnc12. The fourth-order valence-electron chi connectivity index (χ4n) is 3.31. The van der Waals surface area contributed by atoms with E-state index in [4.69, 9.17) is 0 Å². The van der Waals surface area contributed by atoms with Crippen molar-refractivity contribution in [3.8, 4) is 5.69 Å². The van der Waals surface area contributed by atoms with Crippen LogP contribution in [0.15, 0.2) is 66.9 Å². The van der Waals surface area contributed by atoms with Crippen molar-refractivity contribution >= 4 is 22.5 Å². The zero-order valence-corrected chi connectivity index (χ0v) is 15.3. The molecule has 0 radical (unpaired) electrons. The molecule has 0 saturated carbocycles. The quantitative estimate of drug-likeness (QED) is 0.596. The molecule has 0 atom stereocenters. The van der Waals surface area contributed by atoms with Crippen molar-refractivity contribution in [1.82, 2.24) is 14.8 Å². The van der Waals surface area contributed by atoms with Crippen molar-refractivity contribution in [3.05, 3.63) is 83.8 Å². The van der Waals surface area contributed by atoms with E-state index in [1.807, 2.05) is 79.2 Å². The standard InChI is InChI=1S/C22H20N4O/c1-15-19(16(2)26(25-15)18-10-4-3-5-11-18)14-21(27)24-20-12-6-8-17-9-7-13-23-22(17)20/h3-13H,14H2,1-2H3,(H,24,27). The molecule has 0 spiro atoms. The Kier molecular flexibility index (Phi) is 4.42. The number of nitrogens with zero attached hydrogens (tertiary/aromatic N) is 3. The number of hydrogen-bond acceptors (Lipinski definition) is 3. The van der Waals surface area contributed by atoms with Gasteiger partial charge in [0.05, 0.1) is 29.0 Å². The van der Waals surface area contributed by atoms with Crippen LogP contribution in [-0.4, -0.2) is 20.7 Å². The number of aryl methyl sites for hydroxylation is 1. The summed E-state index contributed by atoms with van der Waals surface area (Å²) in [6.07, 6.45) is 2.00. The van der Waals surface area contributed by atoms with Crippen LogP contribution in [0.1, 0.15) is 17.0 Å². The van der Waals surface area contributed by atoms with Gasteiger partial charge in [0, 0.05) is 22.8 Å². The van der Waals surface area contributed by atoms with E-state index in [2.05, 4.69) is 15.4 Å². The lowest BCUT2D eigenvalue weighted by Crippen LogP contribution is -2.15. The highest BCUT2D eigenvalue weighted by Crippen LogP contribution is 2.22. The molecule has 1 amide bonds. The predicted octanol–water partition coefficient (Wildman–Crippen LogP) is 4.22. The van der Waals surface area contributed by atoms with Gasteiger partial charge in [0.2, 0.25) is 5.91 Å². The number of benzene rings is 2. The number of pyridine rings is 1. The monoisotopic (exact) mass is 356 g/mol. The first-order valence-corrected chi connectivity index (χ1v) is 8.87. The predicted molar refractivity (Wildman–Crippen MR) is 107 cm³/mol. The zero-order chi connectivity index (χ0) is 18.8. The molecule has 4 rings (SSSR count). The summed E-state index contributed by atoms with van der Waals surface area (Å²) in [5.74, 6) is -0.0769. The van der Waals surface area contributed by atoms with Gasteiger partial charge >= 0.3 is 0 Å². The summed E-state index contributed by atoms with van der Waals surface area (Å²) in [6, 6.07) is 19.6. The van der Waals surface area contributed by atoms with Crippen LogP contribution in [0.2, 0.25) is 0 Å². The summed E-state index contributed by atoms with van der Waals surface area (Å²) in [5.41, 5.74) is 5.30. The lowest BCUT2D eigenvalue weighted by Gasteiger charge is -2.09. The Bertz CT molecular complexity index is 1110. The van der Waals surface area contributed by atoms with Gasteiger partial charge in [-0.2, -0.15) is 5.10 Å². The second-order valence-corrected chi connectivity index (χ2v) is 6.50. The van der Waals surface area contributed by atoms with Crippen LogP contribution in [0.25, 0.3) is 16.6 Å². The van der Waals surface area contributed by atoms with Gasteiger partial charge in [0.1, 0.15) is 0 Å². The second kappa shape index (κ2) is 7.03. The summed E-state index contributed by atoms with van der Waals surface area (Å²) in [6.45, 7) is 3.93. The highest BCUT2D eigenvalue weighted by atomic mass is 16.1. The Hall–Kier alpha value is -3.47. The molecule has 2 aromatic heterocycles. The minimum atomic E-state index is -0.0769. The van der Waals surface area contributed by atoms with Crippen LogP contribution in [0.4, 0.5) is 5.69 Å². The van der Waals surface area contributed by atoms with Gasteiger partial charge in [-0.3, -0.25) is 9.78 Å². The topological polar surface area (TPSA) is 59.8 Å². The Balaban J connectivity index is 1.59. The molecule has 0 saturated heterocycles. The molecular formula is C22H20N4O. The van der Waals surface area contributed by atoms with Crippen molar-refractivity contribution in [2.45, 2.75) is 20.3 Å². The van der Waals surface area contributed by atoms with Crippen LogP contribution in [0, 0.1) is 13.8 Å². The molecule has 0 aliphatic rings. The average Bonchev–Trinajstić information content (AvgIpc) is 2.97. The average molecular weight is 356 g/mol. The van der Waals surface area contributed by atoms with Crippen molar-refractivity contribution in [1.29, 1.82) is 0 Å². The summed E-state index contributed by atoms with van der Waals surface area (Å²) < 4.78 is 1.89. The number of carbonyl (C=O) groups excluding carboxylic acids is 1. The number of anilines is 1. The van der Waals surface area contributed by atoms with Gasteiger partial charge in [-0.15, -0.1) is 0 Å². The molecule has 134 valence electrons. The molecule has 1 N–H and O–H groups in total. The Morgan fingerprint density at radius 2 is 1.78 bits per heavy atom. The molecule has 5 nitrogen and oxygen atoms in total. The van der Waals surface area contributed by atoms with E-state index in [-0.39, 0.29) is 12.3 Å². The largest absolute Gasteiger partial charge is 0.324 e. The Morgan fingerprint density at radius 3 is 2.59 bits per heavy atom. The van der Waals surface area contributed by atoms with Gasteiger partial charge in [-0.25, -0.2) is 4.68 Å². The van der Waals surface area contributed by atoms with E-state index >= 15 is 0 Å². The van der Waals surface area contributed by atoms with E-state index in [1.165, 1.54) is 0 Å². The first-order chi connectivity index (χ1) is 13.1. The molecule has 0 unspecified atom stereocenters. The number of amides is 1. The Morgan fingerprint density at radius 1 is 1.00 bits per heavy atom.